The Balaban J connectivity index is 2.08. The molecule has 0 saturated heterocycles. The Labute approximate surface area is 140 Å². The number of aromatic nitrogens is 2. The smallest absolute Gasteiger partial charge is 0.274 e. The molecule has 1 aromatic heterocycles. The van der Waals surface area contributed by atoms with E-state index < -0.39 is 0 Å². The lowest BCUT2D eigenvalue weighted by Gasteiger charge is -2.11. The third-order valence-electron chi connectivity index (χ3n) is 3.15. The Hall–Kier alpha value is -2.87. The van der Waals surface area contributed by atoms with Crippen molar-refractivity contribution in [3.8, 4) is 11.5 Å². The van der Waals surface area contributed by atoms with Gasteiger partial charge in [0.05, 0.1) is 20.8 Å². The number of carbonyl (C=O) groups excluding carboxylic acids is 1. The molecule has 8 heteroatoms. The lowest BCUT2D eigenvalue weighted by atomic mass is 10.2. The number of nitrogens with zero attached hydrogens (tertiary/aromatic N) is 2. The standard InChI is InChI=1S/C16H20N4O4/c1-22-7-6-17-15-9-12(18-10-19-15)16(21)20-11-4-5-13(23-2)14(8-11)24-3/h4-5,8-10H,6-7H2,1-3H3,(H,20,21)(H,17,18,19). The maximum atomic E-state index is 12.3. The molecule has 0 spiro atoms. The van der Waals surface area contributed by atoms with Crippen LogP contribution in [0.25, 0.3) is 0 Å². The Morgan fingerprint density at radius 3 is 2.58 bits per heavy atom. The summed E-state index contributed by atoms with van der Waals surface area (Å²) in [4.78, 5) is 20.4. The van der Waals surface area contributed by atoms with Crippen molar-refractivity contribution >= 4 is 17.4 Å². The third kappa shape index (κ3) is 4.56. The summed E-state index contributed by atoms with van der Waals surface area (Å²) in [7, 11) is 4.70. The number of hydrogen-bond donors (Lipinski definition) is 2. The van der Waals surface area contributed by atoms with Crippen LogP contribution in [0.1, 0.15) is 10.5 Å². The van der Waals surface area contributed by atoms with E-state index in [-0.39, 0.29) is 11.6 Å². The summed E-state index contributed by atoms with van der Waals surface area (Å²) in [6.07, 6.45) is 1.33. The summed E-state index contributed by atoms with van der Waals surface area (Å²) in [6, 6.07) is 6.69. The largest absolute Gasteiger partial charge is 0.493 e. The molecule has 1 amide bonds. The molecule has 0 saturated carbocycles. The van der Waals surface area contributed by atoms with Crippen molar-refractivity contribution in [2.75, 3.05) is 45.1 Å². The van der Waals surface area contributed by atoms with Gasteiger partial charge in [0.2, 0.25) is 0 Å². The maximum Gasteiger partial charge on any atom is 0.274 e. The highest BCUT2D eigenvalue weighted by Gasteiger charge is 2.11. The molecule has 2 aromatic rings. The summed E-state index contributed by atoms with van der Waals surface area (Å²) in [5, 5.41) is 5.81. The molecule has 128 valence electrons. The van der Waals surface area contributed by atoms with Crippen LogP contribution in [0.4, 0.5) is 11.5 Å². The molecule has 2 rings (SSSR count). The van der Waals surface area contributed by atoms with E-state index in [4.69, 9.17) is 14.2 Å². The number of benzene rings is 1. The van der Waals surface area contributed by atoms with Gasteiger partial charge in [0.25, 0.3) is 5.91 Å². The number of rotatable bonds is 8. The molecule has 24 heavy (non-hydrogen) atoms. The van der Waals surface area contributed by atoms with Crippen LogP contribution in [0.15, 0.2) is 30.6 Å². The van der Waals surface area contributed by atoms with Crippen molar-refractivity contribution in [1.29, 1.82) is 0 Å². The minimum atomic E-state index is -0.348. The fourth-order valence-corrected chi connectivity index (χ4v) is 1.97. The minimum absolute atomic E-state index is 0.250. The second-order valence-corrected chi connectivity index (χ2v) is 4.73. The van der Waals surface area contributed by atoms with Crippen LogP contribution in [0.2, 0.25) is 0 Å². The molecule has 0 atom stereocenters. The van der Waals surface area contributed by atoms with Crippen LogP contribution in [0.3, 0.4) is 0 Å². The van der Waals surface area contributed by atoms with Gasteiger partial charge >= 0.3 is 0 Å². The molecule has 2 N–H and O–H groups in total. The molecule has 0 fully saturated rings. The number of carbonyl (C=O) groups is 1. The second kappa shape index (κ2) is 8.68. The Morgan fingerprint density at radius 2 is 1.88 bits per heavy atom. The van der Waals surface area contributed by atoms with E-state index in [1.807, 2.05) is 0 Å². The van der Waals surface area contributed by atoms with Gasteiger partial charge in [-0.15, -0.1) is 0 Å². The number of amides is 1. The summed E-state index contributed by atoms with van der Waals surface area (Å²) < 4.78 is 15.3. The molecule has 0 unspecified atom stereocenters. The topological polar surface area (TPSA) is 94.6 Å². The fraction of sp³-hybridized carbons (Fsp3) is 0.312. The highest BCUT2D eigenvalue weighted by molar-refractivity contribution is 6.03. The summed E-state index contributed by atoms with van der Waals surface area (Å²) in [5.41, 5.74) is 0.824. The van der Waals surface area contributed by atoms with Gasteiger partial charge in [-0.25, -0.2) is 9.97 Å². The first-order valence-corrected chi connectivity index (χ1v) is 7.26. The predicted octanol–water partition coefficient (Wildman–Crippen LogP) is 1.80. The van der Waals surface area contributed by atoms with Gasteiger partial charge in [-0.2, -0.15) is 0 Å². The van der Waals surface area contributed by atoms with Gasteiger partial charge in [-0.1, -0.05) is 0 Å². The first kappa shape index (κ1) is 17.5. The van der Waals surface area contributed by atoms with Crippen LogP contribution in [0.5, 0.6) is 11.5 Å². The maximum absolute atomic E-state index is 12.3. The van der Waals surface area contributed by atoms with Gasteiger partial charge in [0.15, 0.2) is 11.5 Å². The van der Waals surface area contributed by atoms with Gasteiger partial charge in [0, 0.05) is 31.5 Å². The van der Waals surface area contributed by atoms with Crippen molar-refractivity contribution in [2.45, 2.75) is 0 Å². The molecule has 1 heterocycles. The quantitative estimate of drug-likeness (QED) is 0.712. The van der Waals surface area contributed by atoms with Gasteiger partial charge < -0.3 is 24.8 Å². The number of anilines is 2. The SMILES string of the molecule is COCCNc1cc(C(=O)Nc2ccc(OC)c(OC)c2)ncn1. The summed E-state index contributed by atoms with van der Waals surface area (Å²) >= 11 is 0. The molecule has 0 bridgehead atoms. The minimum Gasteiger partial charge on any atom is -0.493 e. The van der Waals surface area contributed by atoms with Crippen LogP contribution in [0, 0.1) is 0 Å². The highest BCUT2D eigenvalue weighted by atomic mass is 16.5. The van der Waals surface area contributed by atoms with Crippen molar-refractivity contribution < 1.29 is 19.0 Å². The van der Waals surface area contributed by atoms with E-state index in [0.717, 1.165) is 0 Å². The first-order valence-electron chi connectivity index (χ1n) is 7.26. The third-order valence-corrected chi connectivity index (χ3v) is 3.15. The second-order valence-electron chi connectivity index (χ2n) is 4.73. The van der Waals surface area contributed by atoms with Gasteiger partial charge in [0.1, 0.15) is 17.8 Å². The highest BCUT2D eigenvalue weighted by Crippen LogP contribution is 2.29. The van der Waals surface area contributed by atoms with Gasteiger partial charge in [-0.3, -0.25) is 4.79 Å². The van der Waals surface area contributed by atoms with E-state index in [1.165, 1.54) is 13.4 Å². The van der Waals surface area contributed by atoms with E-state index in [1.54, 1.807) is 38.5 Å². The van der Waals surface area contributed by atoms with Crippen molar-refractivity contribution in [1.82, 2.24) is 9.97 Å². The molecular weight excluding hydrogens is 312 g/mol. The predicted molar refractivity (Wildman–Crippen MR) is 89.9 cm³/mol. The normalized spacial score (nSPS) is 10.1. The van der Waals surface area contributed by atoms with E-state index >= 15 is 0 Å². The average Bonchev–Trinajstić information content (AvgIpc) is 2.62. The molecule has 0 aliphatic rings. The Morgan fingerprint density at radius 1 is 1.08 bits per heavy atom. The lowest BCUT2D eigenvalue weighted by molar-refractivity contribution is 0.102. The monoisotopic (exact) mass is 332 g/mol. The van der Waals surface area contributed by atoms with Crippen molar-refractivity contribution in [3.05, 3.63) is 36.3 Å². The van der Waals surface area contributed by atoms with E-state index in [0.29, 0.717) is 36.2 Å². The van der Waals surface area contributed by atoms with E-state index in [9.17, 15) is 4.79 Å². The number of methoxy groups -OCH3 is 3. The molecule has 8 nitrogen and oxygen atoms in total. The van der Waals surface area contributed by atoms with Crippen LogP contribution in [-0.4, -0.2) is 50.4 Å². The Bertz CT molecular complexity index is 694. The van der Waals surface area contributed by atoms with Crippen LogP contribution < -0.4 is 20.1 Å². The summed E-state index contributed by atoms with van der Waals surface area (Å²) in [6.45, 7) is 1.13. The first-order chi connectivity index (χ1) is 11.7. The fourth-order valence-electron chi connectivity index (χ4n) is 1.97. The van der Waals surface area contributed by atoms with Crippen LogP contribution >= 0.6 is 0 Å². The molecular formula is C16H20N4O4. The van der Waals surface area contributed by atoms with Gasteiger partial charge in [-0.05, 0) is 12.1 Å². The number of ether oxygens (including phenoxy) is 3. The van der Waals surface area contributed by atoms with E-state index in [2.05, 4.69) is 20.6 Å². The lowest BCUT2D eigenvalue weighted by Crippen LogP contribution is -2.15. The zero-order valence-corrected chi connectivity index (χ0v) is 13.8. The zero-order chi connectivity index (χ0) is 17.4. The average molecular weight is 332 g/mol. The molecule has 0 aliphatic heterocycles. The van der Waals surface area contributed by atoms with Crippen molar-refractivity contribution in [3.63, 3.8) is 0 Å². The molecule has 0 radical (unpaired) electrons. The Kier molecular flexibility index (Phi) is 6.32. The van der Waals surface area contributed by atoms with Crippen LogP contribution in [-0.2, 0) is 4.74 Å². The number of hydrogen-bond acceptors (Lipinski definition) is 7. The molecule has 1 aromatic carbocycles. The summed E-state index contributed by atoms with van der Waals surface area (Å²) in [5.74, 6) is 1.32. The zero-order valence-electron chi connectivity index (χ0n) is 13.8. The van der Waals surface area contributed by atoms with Crippen molar-refractivity contribution in [2.24, 2.45) is 0 Å². The number of nitrogens with one attached hydrogen (secondary N) is 2. The molecule has 0 aliphatic carbocycles.